The van der Waals surface area contributed by atoms with E-state index in [1.165, 1.54) is 0 Å². The molecule has 7 heavy (non-hydrogen) atoms. The fourth-order valence-corrected chi connectivity index (χ4v) is 0. The number of hydrogen-bond acceptors (Lipinski definition) is 0. The van der Waals surface area contributed by atoms with Crippen LogP contribution in [0.25, 0.3) is 0 Å². The summed E-state index contributed by atoms with van der Waals surface area (Å²) in [4.78, 5) is 0. The summed E-state index contributed by atoms with van der Waals surface area (Å²) in [6.07, 6.45) is 0. The zero-order valence-electron chi connectivity index (χ0n) is 4.22. The van der Waals surface area contributed by atoms with Crippen molar-refractivity contribution in [2.75, 3.05) is 0 Å². The Morgan fingerprint density at radius 2 is 0.429 bits per heavy atom. The Balaban J connectivity index is 0. The summed E-state index contributed by atoms with van der Waals surface area (Å²) in [6.45, 7) is 0. The van der Waals surface area contributed by atoms with Crippen molar-refractivity contribution in [1.29, 1.82) is 0 Å². The second-order valence-corrected chi connectivity index (χ2v) is 0. The van der Waals surface area contributed by atoms with Crippen molar-refractivity contribution in [2.24, 2.45) is 0 Å². The summed E-state index contributed by atoms with van der Waals surface area (Å²) in [5.41, 5.74) is 0. The molecule has 0 unspecified atom stereocenters. The Bertz CT molecular complexity index is 10.9. The molecule has 0 atom stereocenters. The summed E-state index contributed by atoms with van der Waals surface area (Å²) in [5, 5.41) is 0. The fourth-order valence-electron chi connectivity index (χ4n) is 0. The molecule has 0 heterocycles. The zero-order chi connectivity index (χ0) is 0. The molecule has 0 aromatic rings. The largest absolute Gasteiger partial charge is 4.00 e. The Morgan fingerprint density at radius 3 is 0.429 bits per heavy atom. The molecule has 40 valence electrons. The molecule has 0 saturated heterocycles. The van der Waals surface area contributed by atoms with Gasteiger partial charge >= 0.3 is 43.4 Å². The first-order chi connectivity index (χ1) is 0. The molecule has 3 nitrogen and oxygen atoms in total. The van der Waals surface area contributed by atoms with Crippen LogP contribution in [0.1, 0.15) is 0 Å². The van der Waals surface area contributed by atoms with Crippen LogP contribution in [-0.4, -0.2) is 0 Å². The molecular formula is C2H6O3Ti2. The zero-order valence-corrected chi connectivity index (χ0v) is 7.35. The van der Waals surface area contributed by atoms with Gasteiger partial charge in [-0.05, 0) is 0 Å². The van der Waals surface area contributed by atoms with Crippen LogP contribution in [0.3, 0.4) is 0 Å². The third-order valence-corrected chi connectivity index (χ3v) is 0. The molecule has 0 amide bonds. The van der Waals surface area contributed by atoms with Crippen LogP contribution in [0.15, 0.2) is 0 Å². The number of hydrogen-bond donors (Lipinski definition) is 0. The second kappa shape index (κ2) is 170. The molecule has 5 heteroatoms. The first-order valence-corrected chi connectivity index (χ1v) is 0. The maximum Gasteiger partial charge on any atom is 4.00 e. The predicted molar refractivity (Wildman–Crippen MR) is 14.9 cm³/mol. The summed E-state index contributed by atoms with van der Waals surface area (Å²) in [7, 11) is 0. The van der Waals surface area contributed by atoms with Crippen LogP contribution in [0.5, 0.6) is 0 Å². The normalized spacial score (nSPS) is 0. The maximum absolute atomic E-state index is 0. The molecule has 0 aromatic heterocycles. The second-order valence-electron chi connectivity index (χ2n) is 0. The molecule has 0 radical (unpaired) electrons. The first kappa shape index (κ1) is 259. The molecular weight excluding hydrogens is 168 g/mol. The van der Waals surface area contributed by atoms with E-state index in [-0.39, 0.29) is 74.7 Å². The van der Waals surface area contributed by atoms with Gasteiger partial charge in [0.2, 0.25) is 0 Å². The SMILES string of the molecule is [CH3-].[CH3-].[O-2].[O-2].[O-2].[Ti+4].[Ti+4]. The van der Waals surface area contributed by atoms with Gasteiger partial charge in [-0.2, -0.15) is 0 Å². The Kier molecular flexibility index (Phi) is 6290. The fraction of sp³-hybridized carbons (Fsp3) is 0. The third-order valence-electron chi connectivity index (χ3n) is 0. The van der Waals surface area contributed by atoms with E-state index in [1.54, 1.807) is 0 Å². The van der Waals surface area contributed by atoms with Crippen LogP contribution in [0, 0.1) is 14.9 Å². The molecule has 0 bridgehead atoms. The van der Waals surface area contributed by atoms with E-state index in [0.29, 0.717) is 0 Å². The third kappa shape index (κ3) is 120. The number of rotatable bonds is 0. The van der Waals surface area contributed by atoms with Gasteiger partial charge in [-0.25, -0.2) is 0 Å². The van der Waals surface area contributed by atoms with Gasteiger partial charge in [0.05, 0.1) is 0 Å². The molecule has 0 aliphatic rings. The molecule has 0 spiro atoms. The Hall–Kier alpha value is 1.31. The van der Waals surface area contributed by atoms with E-state index < -0.39 is 0 Å². The summed E-state index contributed by atoms with van der Waals surface area (Å²) in [5.74, 6) is 0. The molecule has 0 aromatic carbocycles. The van der Waals surface area contributed by atoms with Crippen LogP contribution >= 0.6 is 0 Å². The minimum Gasteiger partial charge on any atom is -2.00 e. The van der Waals surface area contributed by atoms with E-state index >= 15 is 0 Å². The molecule has 0 fully saturated rings. The Morgan fingerprint density at radius 1 is 0.429 bits per heavy atom. The maximum atomic E-state index is 0. The summed E-state index contributed by atoms with van der Waals surface area (Å²) < 4.78 is 0. The minimum atomic E-state index is 0. The van der Waals surface area contributed by atoms with Gasteiger partial charge in [-0.15, -0.1) is 0 Å². The smallest absolute Gasteiger partial charge is 2.00 e. The molecule has 0 aliphatic heterocycles. The van der Waals surface area contributed by atoms with Gasteiger partial charge in [-0.3, -0.25) is 0 Å². The van der Waals surface area contributed by atoms with Gasteiger partial charge in [0.15, 0.2) is 0 Å². The van der Waals surface area contributed by atoms with Crippen molar-refractivity contribution >= 4 is 0 Å². The molecule has 0 N–H and O–H groups in total. The van der Waals surface area contributed by atoms with Crippen molar-refractivity contribution in [3.8, 4) is 0 Å². The monoisotopic (exact) mass is 174 g/mol. The molecule has 0 saturated carbocycles. The molecule has 0 rings (SSSR count). The average molecular weight is 174 g/mol. The predicted octanol–water partition coefficient (Wildman–Crippen LogP) is 0.539. The van der Waals surface area contributed by atoms with Crippen LogP contribution in [0.4, 0.5) is 0 Å². The van der Waals surface area contributed by atoms with Crippen molar-refractivity contribution < 1.29 is 59.9 Å². The quantitative estimate of drug-likeness (QED) is 0.378. The van der Waals surface area contributed by atoms with Crippen LogP contribution in [0.2, 0.25) is 0 Å². The Labute approximate surface area is 74.6 Å². The minimum absolute atomic E-state index is 0. The van der Waals surface area contributed by atoms with Crippen molar-refractivity contribution in [3.05, 3.63) is 14.9 Å². The van der Waals surface area contributed by atoms with Gasteiger partial charge in [0.25, 0.3) is 0 Å². The van der Waals surface area contributed by atoms with Gasteiger partial charge in [-0.1, -0.05) is 0 Å². The van der Waals surface area contributed by atoms with Crippen LogP contribution in [-0.2, 0) is 59.9 Å². The van der Waals surface area contributed by atoms with Gasteiger partial charge in [0.1, 0.15) is 0 Å². The van der Waals surface area contributed by atoms with Crippen molar-refractivity contribution in [2.45, 2.75) is 0 Å². The average Bonchev–Trinajstić information content (AvgIpc) is 0. The summed E-state index contributed by atoms with van der Waals surface area (Å²) >= 11 is 0. The van der Waals surface area contributed by atoms with E-state index in [0.717, 1.165) is 0 Å². The van der Waals surface area contributed by atoms with E-state index in [9.17, 15) is 0 Å². The topological polar surface area (TPSA) is 85.5 Å². The summed E-state index contributed by atoms with van der Waals surface area (Å²) in [6, 6.07) is 0. The van der Waals surface area contributed by atoms with Crippen LogP contribution < -0.4 is 0 Å². The standard InChI is InChI=1S/2CH3.3O.2Ti/h2*1H3;;;;;/q2*-1;3*-2;2*+4. The van der Waals surface area contributed by atoms with E-state index in [1.807, 2.05) is 0 Å². The van der Waals surface area contributed by atoms with E-state index in [4.69, 9.17) is 0 Å². The van der Waals surface area contributed by atoms with Crippen molar-refractivity contribution in [3.63, 3.8) is 0 Å². The molecule has 0 aliphatic carbocycles. The van der Waals surface area contributed by atoms with Gasteiger partial charge in [0, 0.05) is 0 Å². The first-order valence-electron chi connectivity index (χ1n) is 0. The van der Waals surface area contributed by atoms with Crippen molar-refractivity contribution in [1.82, 2.24) is 0 Å². The van der Waals surface area contributed by atoms with E-state index in [2.05, 4.69) is 0 Å². The van der Waals surface area contributed by atoms with Gasteiger partial charge < -0.3 is 31.3 Å².